The summed E-state index contributed by atoms with van der Waals surface area (Å²) in [7, 11) is 0. The summed E-state index contributed by atoms with van der Waals surface area (Å²) in [6, 6.07) is 8.27. The number of carbonyl (C=O) groups is 1. The summed E-state index contributed by atoms with van der Waals surface area (Å²) < 4.78 is 0.753. The number of nitrogens with two attached hydrogens (primary N) is 1. The lowest BCUT2D eigenvalue weighted by Gasteiger charge is -2.06. The monoisotopic (exact) mass is 325 g/mol. The van der Waals surface area contributed by atoms with Crippen LogP contribution in [0.1, 0.15) is 10.4 Å². The molecule has 0 aliphatic carbocycles. The number of nitrogen functional groups attached to an aromatic ring is 1. The van der Waals surface area contributed by atoms with Crippen LogP contribution in [0.4, 0.5) is 11.5 Å². The van der Waals surface area contributed by atoms with Crippen molar-refractivity contribution >= 4 is 44.9 Å². The van der Waals surface area contributed by atoms with Gasteiger partial charge in [0.25, 0.3) is 5.91 Å². The fraction of sp³-hybridized carbons (Fsp3) is 0. The van der Waals surface area contributed by atoms with Crippen LogP contribution in [-0.2, 0) is 0 Å². The van der Waals surface area contributed by atoms with Crippen molar-refractivity contribution in [3.05, 3.63) is 51.6 Å². The van der Waals surface area contributed by atoms with Crippen molar-refractivity contribution < 1.29 is 4.79 Å². The van der Waals surface area contributed by atoms with E-state index >= 15 is 0 Å². The Morgan fingerprint density at radius 2 is 2.11 bits per heavy atom. The molecule has 18 heavy (non-hydrogen) atoms. The summed E-state index contributed by atoms with van der Waals surface area (Å²) in [5, 5.41) is 3.17. The molecule has 4 nitrogen and oxygen atoms in total. The van der Waals surface area contributed by atoms with E-state index in [2.05, 4.69) is 26.2 Å². The van der Waals surface area contributed by atoms with Crippen molar-refractivity contribution in [2.45, 2.75) is 0 Å². The number of halogens is 2. The highest BCUT2D eigenvalue weighted by Crippen LogP contribution is 2.20. The molecule has 1 aromatic carbocycles. The van der Waals surface area contributed by atoms with E-state index in [9.17, 15) is 4.79 Å². The van der Waals surface area contributed by atoms with E-state index in [0.29, 0.717) is 22.1 Å². The number of amides is 1. The molecule has 0 saturated heterocycles. The lowest BCUT2D eigenvalue weighted by atomic mass is 10.2. The average molecular weight is 327 g/mol. The van der Waals surface area contributed by atoms with Crippen LogP contribution in [0.3, 0.4) is 0 Å². The number of pyridine rings is 1. The summed E-state index contributed by atoms with van der Waals surface area (Å²) in [6.07, 6.45) is 1.47. The van der Waals surface area contributed by atoms with Gasteiger partial charge in [-0.1, -0.05) is 11.6 Å². The van der Waals surface area contributed by atoms with Gasteiger partial charge in [-0.2, -0.15) is 0 Å². The molecule has 0 unspecified atom stereocenters. The van der Waals surface area contributed by atoms with Crippen LogP contribution in [0.2, 0.25) is 5.02 Å². The fourth-order valence-electron chi connectivity index (χ4n) is 1.32. The Morgan fingerprint density at radius 3 is 2.72 bits per heavy atom. The van der Waals surface area contributed by atoms with Crippen LogP contribution < -0.4 is 11.1 Å². The Hall–Kier alpha value is -1.59. The molecular weight excluding hydrogens is 318 g/mol. The number of benzene rings is 1. The molecule has 3 N–H and O–H groups in total. The van der Waals surface area contributed by atoms with E-state index in [0.717, 1.165) is 4.47 Å². The summed E-state index contributed by atoms with van der Waals surface area (Å²) >= 11 is 8.98. The van der Waals surface area contributed by atoms with Crippen LogP contribution in [0, 0.1) is 0 Å². The van der Waals surface area contributed by atoms with Crippen molar-refractivity contribution in [3.8, 4) is 0 Å². The first kappa shape index (κ1) is 12.9. The number of hydrogen-bond acceptors (Lipinski definition) is 3. The first-order valence-electron chi connectivity index (χ1n) is 5.04. The Balaban J connectivity index is 2.16. The highest BCUT2D eigenvalue weighted by Gasteiger charge is 2.08. The van der Waals surface area contributed by atoms with Crippen LogP contribution in [0.25, 0.3) is 0 Å². The van der Waals surface area contributed by atoms with Crippen molar-refractivity contribution in [2.24, 2.45) is 0 Å². The molecule has 2 aromatic rings. The molecule has 0 atom stereocenters. The zero-order valence-electron chi connectivity index (χ0n) is 9.15. The molecule has 0 spiro atoms. The number of nitrogens with one attached hydrogen (secondary N) is 1. The number of nitrogens with zero attached hydrogens (tertiary/aromatic N) is 1. The maximum absolute atomic E-state index is 11.9. The van der Waals surface area contributed by atoms with Gasteiger partial charge in [-0.15, -0.1) is 0 Å². The summed E-state index contributed by atoms with van der Waals surface area (Å²) in [5.74, 6) is 0.162. The van der Waals surface area contributed by atoms with Gasteiger partial charge in [0, 0.05) is 21.9 Å². The number of aromatic nitrogens is 1. The third-order valence-electron chi connectivity index (χ3n) is 2.23. The Kier molecular flexibility index (Phi) is 3.84. The molecule has 1 aromatic heterocycles. The topological polar surface area (TPSA) is 68.0 Å². The predicted octanol–water partition coefficient (Wildman–Crippen LogP) is 3.33. The smallest absolute Gasteiger partial charge is 0.256 e. The Bertz CT molecular complexity index is 586. The molecule has 1 amide bonds. The van der Waals surface area contributed by atoms with Gasteiger partial charge in [-0.3, -0.25) is 4.79 Å². The number of anilines is 2. The summed E-state index contributed by atoms with van der Waals surface area (Å²) in [6.45, 7) is 0. The van der Waals surface area contributed by atoms with Crippen LogP contribution >= 0.6 is 27.5 Å². The maximum Gasteiger partial charge on any atom is 0.256 e. The zero-order chi connectivity index (χ0) is 13.1. The molecule has 0 bridgehead atoms. The van der Waals surface area contributed by atoms with Gasteiger partial charge in [0.15, 0.2) is 0 Å². The first-order valence-corrected chi connectivity index (χ1v) is 6.21. The van der Waals surface area contributed by atoms with Crippen LogP contribution in [0.5, 0.6) is 0 Å². The molecule has 6 heteroatoms. The maximum atomic E-state index is 11.9. The van der Waals surface area contributed by atoms with Crippen LogP contribution in [-0.4, -0.2) is 10.9 Å². The van der Waals surface area contributed by atoms with Gasteiger partial charge in [0.1, 0.15) is 5.82 Å². The average Bonchev–Trinajstić information content (AvgIpc) is 2.35. The molecule has 0 fully saturated rings. The number of carbonyl (C=O) groups excluding carboxylic acids is 1. The second-order valence-corrected chi connectivity index (χ2v) is 4.84. The lowest BCUT2D eigenvalue weighted by Crippen LogP contribution is -2.13. The molecule has 0 aliphatic rings. The second kappa shape index (κ2) is 5.37. The fourth-order valence-corrected chi connectivity index (χ4v) is 1.68. The van der Waals surface area contributed by atoms with Crippen molar-refractivity contribution in [3.63, 3.8) is 0 Å². The van der Waals surface area contributed by atoms with Crippen molar-refractivity contribution in [1.82, 2.24) is 4.98 Å². The molecule has 1 heterocycles. The summed E-state index contributed by atoms with van der Waals surface area (Å²) in [4.78, 5) is 15.9. The third kappa shape index (κ3) is 3.00. The number of hydrogen-bond donors (Lipinski definition) is 2. The largest absolute Gasteiger partial charge is 0.398 e. The van der Waals surface area contributed by atoms with E-state index in [4.69, 9.17) is 17.3 Å². The number of rotatable bonds is 2. The van der Waals surface area contributed by atoms with Gasteiger partial charge in [-0.05, 0) is 46.3 Å². The van der Waals surface area contributed by atoms with Gasteiger partial charge in [0.05, 0.1) is 5.02 Å². The molecule has 0 radical (unpaired) electrons. The Morgan fingerprint density at radius 1 is 1.33 bits per heavy atom. The molecule has 2 rings (SSSR count). The normalized spacial score (nSPS) is 10.1. The molecular formula is C12H9BrClN3O. The van der Waals surface area contributed by atoms with E-state index in [1.54, 1.807) is 30.3 Å². The highest BCUT2D eigenvalue weighted by atomic mass is 79.9. The van der Waals surface area contributed by atoms with E-state index in [1.807, 2.05) is 0 Å². The minimum atomic E-state index is -0.274. The van der Waals surface area contributed by atoms with Gasteiger partial charge < -0.3 is 11.1 Å². The molecule has 0 aliphatic heterocycles. The zero-order valence-corrected chi connectivity index (χ0v) is 11.5. The van der Waals surface area contributed by atoms with Gasteiger partial charge in [0.2, 0.25) is 0 Å². The minimum absolute atomic E-state index is 0.274. The van der Waals surface area contributed by atoms with Crippen molar-refractivity contribution in [2.75, 3.05) is 11.1 Å². The van der Waals surface area contributed by atoms with Gasteiger partial charge >= 0.3 is 0 Å². The molecule has 0 saturated carbocycles. The van der Waals surface area contributed by atoms with E-state index in [-0.39, 0.29) is 5.91 Å². The standard InChI is InChI=1S/C12H9BrClN3O/c13-9-3-1-7(5-10(9)15)12(18)17-11-4-2-8(14)6-16-11/h1-6H,15H2,(H,16,17,18). The summed E-state index contributed by atoms with van der Waals surface area (Å²) in [5.41, 5.74) is 6.68. The third-order valence-corrected chi connectivity index (χ3v) is 3.17. The van der Waals surface area contributed by atoms with Crippen molar-refractivity contribution in [1.29, 1.82) is 0 Å². The van der Waals surface area contributed by atoms with E-state index < -0.39 is 0 Å². The van der Waals surface area contributed by atoms with Crippen LogP contribution in [0.15, 0.2) is 41.0 Å². The second-order valence-electron chi connectivity index (χ2n) is 3.55. The quantitative estimate of drug-likeness (QED) is 0.832. The van der Waals surface area contributed by atoms with Gasteiger partial charge in [-0.25, -0.2) is 4.98 Å². The Labute approximate surface area is 117 Å². The highest BCUT2D eigenvalue weighted by molar-refractivity contribution is 9.10. The predicted molar refractivity (Wildman–Crippen MR) is 75.8 cm³/mol. The SMILES string of the molecule is Nc1cc(C(=O)Nc2ccc(Cl)cn2)ccc1Br. The minimum Gasteiger partial charge on any atom is -0.398 e. The molecule has 92 valence electrons. The van der Waals surface area contributed by atoms with E-state index in [1.165, 1.54) is 6.20 Å². The first-order chi connectivity index (χ1) is 8.56. The lowest BCUT2D eigenvalue weighted by molar-refractivity contribution is 0.102.